The van der Waals surface area contributed by atoms with Crippen LogP contribution in [0.15, 0.2) is 79.0 Å². The van der Waals surface area contributed by atoms with Crippen molar-refractivity contribution in [2.24, 2.45) is 0 Å². The van der Waals surface area contributed by atoms with Gasteiger partial charge in [0, 0.05) is 25.5 Å². The van der Waals surface area contributed by atoms with Crippen LogP contribution in [0.3, 0.4) is 0 Å². The lowest BCUT2D eigenvalue weighted by Crippen LogP contribution is -1.94. The van der Waals surface area contributed by atoms with Crippen LogP contribution >= 0.6 is 0 Å². The summed E-state index contributed by atoms with van der Waals surface area (Å²) in [6.45, 7) is -4.58. The number of hydrogen-bond acceptors (Lipinski definition) is 1. The second-order valence-electron chi connectivity index (χ2n) is 6.83. The van der Waals surface area contributed by atoms with Crippen molar-refractivity contribution in [3.63, 3.8) is 0 Å². The van der Waals surface area contributed by atoms with Gasteiger partial charge in [-0.15, -0.1) is 0 Å². The Bertz CT molecular complexity index is 1350. The molecule has 1 nitrogen and oxygen atoms in total. The first-order valence-electron chi connectivity index (χ1n) is 12.0. The van der Waals surface area contributed by atoms with Crippen molar-refractivity contribution < 1.29 is 8.22 Å². The van der Waals surface area contributed by atoms with Gasteiger partial charge in [-0.3, -0.25) is 4.98 Å². The maximum Gasteiger partial charge on any atom is 0.0708 e. The van der Waals surface area contributed by atoms with Gasteiger partial charge in [0.25, 0.3) is 0 Å². The molecule has 1 heteroatoms. The molecule has 0 fully saturated rings. The largest absolute Gasteiger partial charge is 0.256 e. The number of pyridine rings is 1. The van der Waals surface area contributed by atoms with Gasteiger partial charge < -0.3 is 0 Å². The summed E-state index contributed by atoms with van der Waals surface area (Å²) in [7, 11) is 0. The van der Waals surface area contributed by atoms with Crippen molar-refractivity contribution in [2.45, 2.75) is 20.1 Å². The second-order valence-corrected chi connectivity index (χ2v) is 6.83. The maximum atomic E-state index is 8.13. The Morgan fingerprint density at radius 2 is 1.59 bits per heavy atom. The highest BCUT2D eigenvalue weighted by molar-refractivity contribution is 5.86. The standard InChI is InChI=1S/C26H21N/c1-17-12-13-22(23-15-20-10-6-7-11-21(20)26(17)23)25-14-18(2)24(16-27-25)19-8-4-3-5-9-19/h3-14,16H,15H2,1-2H3/i1D3,2D3. The third-order valence-corrected chi connectivity index (χ3v) is 5.23. The fraction of sp³-hybridized carbons (Fsp3) is 0.115. The minimum atomic E-state index is -2.33. The van der Waals surface area contributed by atoms with Crippen molar-refractivity contribution in [1.82, 2.24) is 4.98 Å². The van der Waals surface area contributed by atoms with Gasteiger partial charge in [0.2, 0.25) is 0 Å². The molecule has 0 aliphatic heterocycles. The van der Waals surface area contributed by atoms with Crippen LogP contribution in [0.5, 0.6) is 0 Å². The first-order chi connectivity index (χ1) is 15.6. The van der Waals surface area contributed by atoms with Gasteiger partial charge in [-0.05, 0) is 65.1 Å². The van der Waals surface area contributed by atoms with Crippen molar-refractivity contribution >= 4 is 0 Å². The zero-order valence-electron chi connectivity index (χ0n) is 20.7. The number of aryl methyl sites for hydroxylation is 2. The minimum absolute atomic E-state index is 0.225. The topological polar surface area (TPSA) is 12.9 Å². The van der Waals surface area contributed by atoms with E-state index in [0.717, 1.165) is 27.8 Å². The molecule has 27 heavy (non-hydrogen) atoms. The molecule has 0 radical (unpaired) electrons. The second kappa shape index (κ2) is 6.21. The van der Waals surface area contributed by atoms with Crippen LogP contribution in [0, 0.1) is 13.7 Å². The van der Waals surface area contributed by atoms with E-state index in [2.05, 4.69) is 4.98 Å². The Morgan fingerprint density at radius 1 is 0.778 bits per heavy atom. The van der Waals surface area contributed by atoms with E-state index in [-0.39, 0.29) is 5.56 Å². The number of hydrogen-bond donors (Lipinski definition) is 0. The van der Waals surface area contributed by atoms with Gasteiger partial charge in [-0.1, -0.05) is 66.7 Å². The molecule has 1 aliphatic carbocycles. The molecule has 3 aromatic carbocycles. The van der Waals surface area contributed by atoms with E-state index in [4.69, 9.17) is 8.22 Å². The van der Waals surface area contributed by atoms with E-state index in [9.17, 15) is 0 Å². The summed E-state index contributed by atoms with van der Waals surface area (Å²) in [5.74, 6) is 0. The molecule has 0 amide bonds. The van der Waals surface area contributed by atoms with E-state index >= 15 is 0 Å². The summed E-state index contributed by atoms with van der Waals surface area (Å²) in [6.07, 6.45) is 2.19. The summed E-state index contributed by atoms with van der Waals surface area (Å²) in [6, 6.07) is 22.2. The van der Waals surface area contributed by atoms with Crippen molar-refractivity contribution in [3.05, 3.63) is 101 Å². The number of rotatable bonds is 2. The Hall–Kier alpha value is -3.19. The zero-order valence-corrected chi connectivity index (χ0v) is 14.7. The molecule has 0 bridgehead atoms. The SMILES string of the molecule is [2H]C([2H])([2H])c1cc(-c2ccc(C([2H])([2H])[2H])c3c2Cc2ccccc2-3)ncc1-c1ccccc1. The van der Waals surface area contributed by atoms with Gasteiger partial charge >= 0.3 is 0 Å². The molecule has 0 spiro atoms. The summed E-state index contributed by atoms with van der Waals surface area (Å²) in [5.41, 5.74) is 6.75. The molecular weight excluding hydrogens is 326 g/mol. The molecule has 0 saturated heterocycles. The Morgan fingerprint density at radius 3 is 2.44 bits per heavy atom. The smallest absolute Gasteiger partial charge is 0.0708 e. The van der Waals surface area contributed by atoms with E-state index in [1.165, 1.54) is 0 Å². The van der Waals surface area contributed by atoms with Crippen LogP contribution in [0.25, 0.3) is 33.5 Å². The molecule has 4 aromatic rings. The first kappa shape index (κ1) is 10.8. The zero-order chi connectivity index (χ0) is 23.4. The third kappa shape index (κ3) is 2.59. The third-order valence-electron chi connectivity index (χ3n) is 5.23. The van der Waals surface area contributed by atoms with Crippen LogP contribution in [0.2, 0.25) is 0 Å². The van der Waals surface area contributed by atoms with Gasteiger partial charge in [0.05, 0.1) is 5.69 Å². The van der Waals surface area contributed by atoms with Crippen molar-refractivity contribution in [2.75, 3.05) is 0 Å². The Kier molecular flexibility index (Phi) is 2.49. The number of nitrogens with zero attached hydrogens (tertiary/aromatic N) is 1. The summed E-state index contributed by atoms with van der Waals surface area (Å²) in [4.78, 5) is 4.64. The molecule has 130 valence electrons. The monoisotopic (exact) mass is 353 g/mol. The predicted octanol–water partition coefficient (Wildman–Crippen LogP) is 6.60. The highest BCUT2D eigenvalue weighted by Crippen LogP contribution is 2.43. The van der Waals surface area contributed by atoms with Gasteiger partial charge in [-0.2, -0.15) is 0 Å². The molecule has 0 unspecified atom stereocenters. The van der Waals surface area contributed by atoms with Crippen LogP contribution in [-0.4, -0.2) is 4.98 Å². The Labute approximate surface area is 168 Å². The summed E-state index contributed by atoms with van der Waals surface area (Å²) >= 11 is 0. The fourth-order valence-corrected chi connectivity index (χ4v) is 3.94. The quantitative estimate of drug-likeness (QED) is 0.348. The van der Waals surface area contributed by atoms with E-state index in [1.54, 1.807) is 24.4 Å². The maximum absolute atomic E-state index is 8.13. The van der Waals surface area contributed by atoms with Gasteiger partial charge in [0.1, 0.15) is 0 Å². The average Bonchev–Trinajstić information content (AvgIpc) is 3.17. The van der Waals surface area contributed by atoms with Gasteiger partial charge in [-0.25, -0.2) is 0 Å². The first-order valence-corrected chi connectivity index (χ1v) is 8.95. The summed E-state index contributed by atoms with van der Waals surface area (Å²) < 4.78 is 48.5. The predicted molar refractivity (Wildman–Crippen MR) is 113 cm³/mol. The fourth-order valence-electron chi connectivity index (χ4n) is 3.94. The highest BCUT2D eigenvalue weighted by atomic mass is 14.7. The molecule has 0 N–H and O–H groups in total. The summed E-state index contributed by atoms with van der Waals surface area (Å²) in [5, 5.41) is 0. The van der Waals surface area contributed by atoms with E-state index in [1.807, 2.05) is 54.6 Å². The average molecular weight is 353 g/mol. The molecule has 1 aliphatic rings. The normalized spacial score (nSPS) is 16.1. The lowest BCUT2D eigenvalue weighted by molar-refractivity contribution is 1.22. The molecule has 0 atom stereocenters. The van der Waals surface area contributed by atoms with Crippen LogP contribution < -0.4 is 0 Å². The molecule has 5 rings (SSSR count). The van der Waals surface area contributed by atoms with E-state index in [0.29, 0.717) is 28.8 Å². The number of fused-ring (bicyclic) bond motifs is 3. The van der Waals surface area contributed by atoms with Crippen molar-refractivity contribution in [1.29, 1.82) is 0 Å². The van der Waals surface area contributed by atoms with Crippen molar-refractivity contribution in [3.8, 4) is 33.5 Å². The number of benzene rings is 3. The lowest BCUT2D eigenvalue weighted by atomic mass is 9.93. The molecule has 1 aromatic heterocycles. The molecule has 1 heterocycles. The van der Waals surface area contributed by atoms with Crippen LogP contribution in [0.1, 0.15) is 30.5 Å². The van der Waals surface area contributed by atoms with E-state index < -0.39 is 13.7 Å². The molecular formula is C26H21N. The number of aromatic nitrogens is 1. The highest BCUT2D eigenvalue weighted by Gasteiger charge is 2.23. The minimum Gasteiger partial charge on any atom is -0.256 e. The molecule has 0 saturated carbocycles. The van der Waals surface area contributed by atoms with Gasteiger partial charge in [0.15, 0.2) is 0 Å². The van der Waals surface area contributed by atoms with Crippen LogP contribution in [0.4, 0.5) is 0 Å². The Balaban J connectivity index is 1.73. The lowest BCUT2D eigenvalue weighted by Gasteiger charge is -2.13. The van der Waals surface area contributed by atoms with Crippen LogP contribution in [-0.2, 0) is 6.42 Å².